The van der Waals surface area contributed by atoms with Crippen LogP contribution in [0.25, 0.3) is 0 Å². The molecule has 0 aliphatic heterocycles. The van der Waals surface area contributed by atoms with Gasteiger partial charge in [0.1, 0.15) is 11.4 Å². The second-order valence-electron chi connectivity index (χ2n) is 4.98. The first kappa shape index (κ1) is 16.0. The number of carbonyl (C=O) groups is 1. The highest BCUT2D eigenvalue weighted by Crippen LogP contribution is 2.25. The summed E-state index contributed by atoms with van der Waals surface area (Å²) in [6.07, 6.45) is 5.62. The second-order valence-corrected chi connectivity index (χ2v) is 5.31. The average molecular weight is 314 g/mol. The summed E-state index contributed by atoms with van der Waals surface area (Å²) in [5, 5.41) is 3.39. The second kappa shape index (κ2) is 7.56. The lowest BCUT2D eigenvalue weighted by Crippen LogP contribution is -2.30. The highest BCUT2D eigenvalue weighted by molar-refractivity contribution is 6.28. The van der Waals surface area contributed by atoms with Crippen LogP contribution < -0.4 is 5.32 Å². The van der Waals surface area contributed by atoms with Crippen LogP contribution in [0.2, 0.25) is 5.28 Å². The Balaban J connectivity index is 2.08. The maximum atomic E-state index is 11.9. The molecule has 1 saturated carbocycles. The van der Waals surface area contributed by atoms with Crippen molar-refractivity contribution in [1.29, 1.82) is 0 Å². The van der Waals surface area contributed by atoms with Crippen LogP contribution in [0.3, 0.4) is 0 Å². The minimum Gasteiger partial charge on any atom is -0.462 e. The first-order valence-corrected chi connectivity index (χ1v) is 7.50. The number of halogens is 1. The number of anilines is 1. The number of esters is 1. The van der Waals surface area contributed by atoms with Gasteiger partial charge in [-0.25, -0.2) is 9.78 Å². The fourth-order valence-electron chi connectivity index (χ4n) is 2.46. The highest BCUT2D eigenvalue weighted by atomic mass is 35.5. The van der Waals surface area contributed by atoms with E-state index in [0.717, 1.165) is 25.7 Å². The molecule has 0 amide bonds. The third-order valence-electron chi connectivity index (χ3n) is 3.60. The van der Waals surface area contributed by atoms with E-state index in [1.807, 2.05) is 0 Å². The molecule has 6 nitrogen and oxygen atoms in total. The predicted octanol–water partition coefficient (Wildman–Crippen LogP) is 2.68. The minimum absolute atomic E-state index is 0.108. The lowest BCUT2D eigenvalue weighted by Gasteiger charge is -2.28. The van der Waals surface area contributed by atoms with Crippen LogP contribution in [0.4, 0.5) is 5.82 Å². The fraction of sp³-hybridized carbons (Fsp3) is 0.643. The van der Waals surface area contributed by atoms with E-state index in [0.29, 0.717) is 24.1 Å². The van der Waals surface area contributed by atoms with Crippen LogP contribution in [0.5, 0.6) is 0 Å². The fourth-order valence-corrected chi connectivity index (χ4v) is 2.60. The van der Waals surface area contributed by atoms with E-state index in [4.69, 9.17) is 21.1 Å². The molecule has 0 radical (unpaired) electrons. The van der Waals surface area contributed by atoms with Crippen molar-refractivity contribution in [1.82, 2.24) is 9.97 Å². The summed E-state index contributed by atoms with van der Waals surface area (Å²) in [5.41, 5.74) is 0.315. The monoisotopic (exact) mass is 313 g/mol. The Bertz CT molecular complexity index is 490. The van der Waals surface area contributed by atoms with E-state index in [2.05, 4.69) is 15.3 Å². The quantitative estimate of drug-likeness (QED) is 0.665. The molecule has 1 aliphatic rings. The molecule has 0 atom stereocenters. The zero-order valence-electron chi connectivity index (χ0n) is 12.3. The number of nitrogens with zero attached hydrogens (tertiary/aromatic N) is 2. The summed E-state index contributed by atoms with van der Waals surface area (Å²) in [5.74, 6) is -0.00318. The van der Waals surface area contributed by atoms with Gasteiger partial charge in [0.25, 0.3) is 0 Å². The van der Waals surface area contributed by atoms with Crippen LogP contribution in [-0.2, 0) is 9.47 Å². The number of carbonyl (C=O) groups excluding carboxylic acids is 1. The summed E-state index contributed by atoms with van der Waals surface area (Å²) in [4.78, 5) is 19.9. The summed E-state index contributed by atoms with van der Waals surface area (Å²) >= 11 is 5.83. The molecular formula is C14H20ClN3O3. The van der Waals surface area contributed by atoms with Crippen LogP contribution in [0.15, 0.2) is 6.20 Å². The molecule has 2 rings (SSSR count). The van der Waals surface area contributed by atoms with E-state index in [1.54, 1.807) is 14.0 Å². The Hall–Kier alpha value is -1.40. The van der Waals surface area contributed by atoms with Gasteiger partial charge in [-0.3, -0.25) is 0 Å². The minimum atomic E-state index is -0.442. The number of rotatable bonds is 5. The summed E-state index contributed by atoms with van der Waals surface area (Å²) < 4.78 is 10.4. The summed E-state index contributed by atoms with van der Waals surface area (Å²) in [6.45, 7) is 2.06. The molecule has 1 N–H and O–H groups in total. The molecule has 21 heavy (non-hydrogen) atoms. The Kier molecular flexibility index (Phi) is 5.76. The Morgan fingerprint density at radius 3 is 2.76 bits per heavy atom. The SMILES string of the molecule is CCOC(=O)c1cnc(Cl)nc1N[C@H]1CC[C@@H](OC)CC1. The summed E-state index contributed by atoms with van der Waals surface area (Å²) in [7, 11) is 1.74. The van der Waals surface area contributed by atoms with Gasteiger partial charge >= 0.3 is 5.97 Å². The smallest absolute Gasteiger partial charge is 0.343 e. The third kappa shape index (κ3) is 4.28. The molecule has 0 bridgehead atoms. The van der Waals surface area contributed by atoms with Gasteiger partial charge in [-0.2, -0.15) is 4.98 Å². The molecule has 1 fully saturated rings. The molecule has 0 aromatic carbocycles. The molecular weight excluding hydrogens is 294 g/mol. The number of hydrogen-bond donors (Lipinski definition) is 1. The normalized spacial score (nSPS) is 21.9. The van der Waals surface area contributed by atoms with Crippen LogP contribution >= 0.6 is 11.6 Å². The first-order valence-electron chi connectivity index (χ1n) is 7.13. The van der Waals surface area contributed by atoms with Gasteiger partial charge in [0.05, 0.1) is 12.7 Å². The van der Waals surface area contributed by atoms with Gasteiger partial charge in [-0.1, -0.05) is 0 Å². The van der Waals surface area contributed by atoms with E-state index in [-0.39, 0.29) is 11.3 Å². The maximum absolute atomic E-state index is 11.9. The van der Waals surface area contributed by atoms with Crippen molar-refractivity contribution in [2.45, 2.75) is 44.8 Å². The molecule has 1 aromatic rings. The Morgan fingerprint density at radius 1 is 1.43 bits per heavy atom. The van der Waals surface area contributed by atoms with Crippen LogP contribution in [0, 0.1) is 0 Å². The van der Waals surface area contributed by atoms with Gasteiger partial charge < -0.3 is 14.8 Å². The number of methoxy groups -OCH3 is 1. The molecule has 0 unspecified atom stereocenters. The molecule has 7 heteroatoms. The first-order chi connectivity index (χ1) is 10.1. The van der Waals surface area contributed by atoms with Gasteiger partial charge in [-0.05, 0) is 44.2 Å². The van der Waals surface area contributed by atoms with Crippen molar-refractivity contribution in [3.8, 4) is 0 Å². The molecule has 1 aromatic heterocycles. The molecule has 1 heterocycles. The third-order valence-corrected chi connectivity index (χ3v) is 3.79. The molecule has 116 valence electrons. The Labute approximate surface area is 129 Å². The van der Waals surface area contributed by atoms with Crippen LogP contribution in [-0.4, -0.2) is 41.8 Å². The topological polar surface area (TPSA) is 73.3 Å². The largest absolute Gasteiger partial charge is 0.462 e. The predicted molar refractivity (Wildman–Crippen MR) is 79.7 cm³/mol. The highest BCUT2D eigenvalue weighted by Gasteiger charge is 2.23. The van der Waals surface area contributed by atoms with Crippen molar-refractivity contribution in [2.24, 2.45) is 0 Å². The maximum Gasteiger partial charge on any atom is 0.343 e. The Morgan fingerprint density at radius 2 is 2.14 bits per heavy atom. The molecule has 1 aliphatic carbocycles. The van der Waals surface area contributed by atoms with Crippen molar-refractivity contribution in [3.05, 3.63) is 17.0 Å². The number of hydrogen-bond acceptors (Lipinski definition) is 6. The van der Waals surface area contributed by atoms with Gasteiger partial charge in [-0.15, -0.1) is 0 Å². The van der Waals surface area contributed by atoms with Crippen molar-refractivity contribution < 1.29 is 14.3 Å². The number of ether oxygens (including phenoxy) is 2. The number of aromatic nitrogens is 2. The van der Waals surface area contributed by atoms with Gasteiger partial charge in [0.2, 0.25) is 5.28 Å². The lowest BCUT2D eigenvalue weighted by atomic mass is 9.93. The van der Waals surface area contributed by atoms with Crippen LogP contribution in [0.1, 0.15) is 43.0 Å². The molecule has 0 spiro atoms. The standard InChI is InChI=1S/C14H20ClN3O3/c1-3-21-13(19)11-8-16-14(15)18-12(11)17-9-4-6-10(20-2)7-5-9/h8-10H,3-7H2,1-2H3,(H,16,17,18)/t9-,10+. The molecule has 0 saturated heterocycles. The van der Waals surface area contributed by atoms with Crippen molar-refractivity contribution in [3.63, 3.8) is 0 Å². The van der Waals surface area contributed by atoms with Crippen molar-refractivity contribution >= 4 is 23.4 Å². The van der Waals surface area contributed by atoms with Gasteiger partial charge in [0, 0.05) is 19.3 Å². The van der Waals surface area contributed by atoms with E-state index >= 15 is 0 Å². The van der Waals surface area contributed by atoms with E-state index in [1.165, 1.54) is 6.20 Å². The van der Waals surface area contributed by atoms with E-state index < -0.39 is 5.97 Å². The van der Waals surface area contributed by atoms with E-state index in [9.17, 15) is 4.79 Å². The zero-order chi connectivity index (χ0) is 15.2. The summed E-state index contributed by atoms with van der Waals surface area (Å²) in [6, 6.07) is 0.246. The van der Waals surface area contributed by atoms with Gasteiger partial charge in [0.15, 0.2) is 0 Å². The average Bonchev–Trinajstić information content (AvgIpc) is 2.48. The lowest BCUT2D eigenvalue weighted by molar-refractivity contribution is 0.0526. The van der Waals surface area contributed by atoms with Crippen molar-refractivity contribution in [2.75, 3.05) is 19.0 Å². The number of nitrogens with one attached hydrogen (secondary N) is 1. The zero-order valence-corrected chi connectivity index (χ0v) is 13.0.